The summed E-state index contributed by atoms with van der Waals surface area (Å²) in [6, 6.07) is 31.1. The Morgan fingerprint density at radius 1 is 0.657 bits per heavy atom. The average molecular weight is 463 g/mol. The van der Waals surface area contributed by atoms with Crippen LogP contribution in [0.2, 0.25) is 0 Å². The Labute approximate surface area is 205 Å². The van der Waals surface area contributed by atoms with E-state index in [4.69, 9.17) is 14.2 Å². The molecule has 0 atom stereocenters. The highest BCUT2D eigenvalue weighted by Crippen LogP contribution is 2.31. The Kier molecular flexibility index (Phi) is 7.77. The van der Waals surface area contributed by atoms with Gasteiger partial charge in [-0.25, -0.2) is 4.79 Å². The first-order valence-corrected chi connectivity index (χ1v) is 11.2. The first-order chi connectivity index (χ1) is 17.2. The predicted octanol–water partition coefficient (Wildman–Crippen LogP) is 7.16. The summed E-state index contributed by atoms with van der Waals surface area (Å²) in [5.41, 5.74) is 4.81. The minimum absolute atomic E-state index is 0.477. The summed E-state index contributed by atoms with van der Waals surface area (Å²) < 4.78 is 16.5. The molecule has 4 rings (SSSR count). The Morgan fingerprint density at radius 3 is 1.97 bits per heavy atom. The zero-order chi connectivity index (χ0) is 24.5. The molecular formula is C31H26O4. The number of hydrogen-bond acceptors (Lipinski definition) is 4. The number of esters is 1. The maximum Gasteiger partial charge on any atom is 0.336 e. The standard InChI is InChI=1S/C31H26O4/c1-33-28-21-26(14-13-23-9-5-3-6-10-23)29(30(22-28)34-2)19-20-31(32)35-27-17-15-25(16-18-27)24-11-7-4-8-12-24/h3-22H,1-2H3/b14-13+,20-19+. The van der Waals surface area contributed by atoms with E-state index in [1.807, 2.05) is 91.0 Å². The van der Waals surface area contributed by atoms with E-state index in [2.05, 4.69) is 0 Å². The molecule has 0 fully saturated rings. The van der Waals surface area contributed by atoms with Crippen molar-refractivity contribution in [2.24, 2.45) is 0 Å². The molecule has 0 unspecified atom stereocenters. The van der Waals surface area contributed by atoms with Gasteiger partial charge in [0.1, 0.15) is 17.2 Å². The molecule has 0 amide bonds. The van der Waals surface area contributed by atoms with E-state index in [0.29, 0.717) is 17.2 Å². The lowest BCUT2D eigenvalue weighted by Crippen LogP contribution is -2.03. The summed E-state index contributed by atoms with van der Waals surface area (Å²) in [5, 5.41) is 0. The van der Waals surface area contributed by atoms with Gasteiger partial charge in [-0.3, -0.25) is 0 Å². The highest BCUT2D eigenvalue weighted by atomic mass is 16.5. The van der Waals surface area contributed by atoms with Crippen LogP contribution in [0.15, 0.2) is 103 Å². The molecule has 35 heavy (non-hydrogen) atoms. The lowest BCUT2D eigenvalue weighted by molar-refractivity contribution is -0.128. The van der Waals surface area contributed by atoms with Gasteiger partial charge in [0, 0.05) is 17.7 Å². The van der Waals surface area contributed by atoms with E-state index in [-0.39, 0.29) is 0 Å². The van der Waals surface area contributed by atoms with Gasteiger partial charge in [0.15, 0.2) is 0 Å². The molecule has 174 valence electrons. The van der Waals surface area contributed by atoms with Crippen molar-refractivity contribution in [3.8, 4) is 28.4 Å². The molecule has 0 spiro atoms. The Bertz CT molecular complexity index is 1320. The van der Waals surface area contributed by atoms with Crippen molar-refractivity contribution in [2.45, 2.75) is 0 Å². The van der Waals surface area contributed by atoms with Crippen LogP contribution in [0.4, 0.5) is 0 Å². The number of carbonyl (C=O) groups excluding carboxylic acids is 1. The van der Waals surface area contributed by atoms with E-state index in [1.165, 1.54) is 6.08 Å². The van der Waals surface area contributed by atoms with Crippen molar-refractivity contribution < 1.29 is 19.0 Å². The van der Waals surface area contributed by atoms with Crippen LogP contribution in [-0.4, -0.2) is 20.2 Å². The summed E-state index contributed by atoms with van der Waals surface area (Å²) in [6.45, 7) is 0. The molecule has 4 nitrogen and oxygen atoms in total. The maximum atomic E-state index is 12.6. The first kappa shape index (κ1) is 23.6. The van der Waals surface area contributed by atoms with Crippen LogP contribution in [0.25, 0.3) is 29.4 Å². The van der Waals surface area contributed by atoms with Gasteiger partial charge in [0.25, 0.3) is 0 Å². The van der Waals surface area contributed by atoms with Gasteiger partial charge >= 0.3 is 5.97 Å². The van der Waals surface area contributed by atoms with E-state index >= 15 is 0 Å². The van der Waals surface area contributed by atoms with Crippen LogP contribution < -0.4 is 14.2 Å². The zero-order valence-electron chi connectivity index (χ0n) is 19.7. The van der Waals surface area contributed by atoms with Gasteiger partial charge in [0.2, 0.25) is 0 Å². The van der Waals surface area contributed by atoms with Gasteiger partial charge < -0.3 is 14.2 Å². The summed E-state index contributed by atoms with van der Waals surface area (Å²) in [4.78, 5) is 12.6. The van der Waals surface area contributed by atoms with Crippen LogP contribution in [0, 0.1) is 0 Å². The SMILES string of the molecule is COc1cc(/C=C/c2ccccc2)c(/C=C/C(=O)Oc2ccc(-c3ccccc3)cc2)c(OC)c1. The third kappa shape index (κ3) is 6.27. The molecule has 0 aromatic heterocycles. The van der Waals surface area contributed by atoms with Gasteiger partial charge in [-0.1, -0.05) is 84.9 Å². The molecule has 0 saturated heterocycles. The quantitative estimate of drug-likeness (QED) is 0.121. The summed E-state index contributed by atoms with van der Waals surface area (Å²) in [7, 11) is 3.19. The molecule has 0 saturated carbocycles. The smallest absolute Gasteiger partial charge is 0.336 e. The molecular weight excluding hydrogens is 436 g/mol. The van der Waals surface area contributed by atoms with Crippen molar-refractivity contribution in [1.29, 1.82) is 0 Å². The first-order valence-electron chi connectivity index (χ1n) is 11.2. The van der Waals surface area contributed by atoms with Crippen LogP contribution in [-0.2, 0) is 4.79 Å². The zero-order valence-corrected chi connectivity index (χ0v) is 19.7. The molecule has 4 aromatic carbocycles. The summed E-state index contributed by atoms with van der Waals surface area (Å²) >= 11 is 0. The highest BCUT2D eigenvalue weighted by Gasteiger charge is 2.10. The largest absolute Gasteiger partial charge is 0.497 e. The van der Waals surface area contributed by atoms with E-state index in [1.54, 1.807) is 38.5 Å². The second-order valence-electron chi connectivity index (χ2n) is 7.72. The number of hydrogen-bond donors (Lipinski definition) is 0. The number of methoxy groups -OCH3 is 2. The molecule has 4 heteroatoms. The topological polar surface area (TPSA) is 44.8 Å². The number of carbonyl (C=O) groups is 1. The lowest BCUT2D eigenvalue weighted by Gasteiger charge is -2.11. The monoisotopic (exact) mass is 462 g/mol. The summed E-state index contributed by atoms with van der Waals surface area (Å²) in [5.74, 6) is 1.25. The van der Waals surface area contributed by atoms with Gasteiger partial charge in [0.05, 0.1) is 14.2 Å². The molecule has 0 aliphatic heterocycles. The number of ether oxygens (including phenoxy) is 3. The second kappa shape index (κ2) is 11.5. The minimum Gasteiger partial charge on any atom is -0.497 e. The molecule has 0 radical (unpaired) electrons. The van der Waals surface area contributed by atoms with Crippen LogP contribution in [0.5, 0.6) is 17.2 Å². The van der Waals surface area contributed by atoms with E-state index in [0.717, 1.165) is 27.8 Å². The van der Waals surface area contributed by atoms with Gasteiger partial charge in [-0.05, 0) is 46.5 Å². The van der Waals surface area contributed by atoms with Crippen LogP contribution >= 0.6 is 0 Å². The van der Waals surface area contributed by atoms with Crippen LogP contribution in [0.3, 0.4) is 0 Å². The third-order valence-corrected chi connectivity index (χ3v) is 5.42. The van der Waals surface area contributed by atoms with Crippen molar-refractivity contribution in [3.63, 3.8) is 0 Å². The Hall–Kier alpha value is -4.57. The Morgan fingerprint density at radius 2 is 1.31 bits per heavy atom. The minimum atomic E-state index is -0.478. The fourth-order valence-electron chi connectivity index (χ4n) is 3.62. The fraction of sp³-hybridized carbons (Fsp3) is 0.0645. The number of rotatable bonds is 8. The van der Waals surface area contributed by atoms with Crippen molar-refractivity contribution in [1.82, 2.24) is 0 Å². The van der Waals surface area contributed by atoms with Crippen molar-refractivity contribution >= 4 is 24.2 Å². The molecule has 0 aliphatic rings. The van der Waals surface area contributed by atoms with Crippen LogP contribution in [0.1, 0.15) is 16.7 Å². The normalized spacial score (nSPS) is 11.0. The third-order valence-electron chi connectivity index (χ3n) is 5.42. The molecule has 4 aromatic rings. The summed E-state index contributed by atoms with van der Waals surface area (Å²) in [6.07, 6.45) is 7.06. The molecule has 0 bridgehead atoms. The van der Waals surface area contributed by atoms with Crippen molar-refractivity contribution in [2.75, 3.05) is 14.2 Å². The van der Waals surface area contributed by atoms with Gasteiger partial charge in [-0.15, -0.1) is 0 Å². The van der Waals surface area contributed by atoms with E-state index < -0.39 is 5.97 Å². The van der Waals surface area contributed by atoms with Crippen molar-refractivity contribution in [3.05, 3.63) is 120 Å². The lowest BCUT2D eigenvalue weighted by atomic mass is 10.0. The molecule has 0 heterocycles. The fourth-order valence-corrected chi connectivity index (χ4v) is 3.62. The number of benzene rings is 4. The maximum absolute atomic E-state index is 12.6. The van der Waals surface area contributed by atoms with E-state index in [9.17, 15) is 4.79 Å². The molecule has 0 aliphatic carbocycles. The highest BCUT2D eigenvalue weighted by molar-refractivity contribution is 5.91. The van der Waals surface area contributed by atoms with Gasteiger partial charge in [-0.2, -0.15) is 0 Å². The second-order valence-corrected chi connectivity index (χ2v) is 7.72. The molecule has 0 N–H and O–H groups in total. The average Bonchev–Trinajstić information content (AvgIpc) is 2.92. The predicted molar refractivity (Wildman–Crippen MR) is 141 cm³/mol. The Balaban J connectivity index is 1.54.